The summed E-state index contributed by atoms with van der Waals surface area (Å²) in [5.41, 5.74) is 0.834. The van der Waals surface area contributed by atoms with Crippen LogP contribution in [0, 0.1) is 4.91 Å². The molecule has 0 radical (unpaired) electrons. The fraction of sp³-hybridized carbons (Fsp3) is 0.300. The van der Waals surface area contributed by atoms with E-state index in [4.69, 9.17) is 4.74 Å². The van der Waals surface area contributed by atoms with E-state index < -0.39 is 25.5 Å². The topological polar surface area (TPSA) is 152 Å². The average Bonchev–Trinajstić information content (AvgIpc) is 2.76. The van der Waals surface area contributed by atoms with Crippen LogP contribution in [0.5, 0.6) is 5.75 Å². The Balaban J connectivity index is 1.95. The summed E-state index contributed by atoms with van der Waals surface area (Å²) >= 11 is 0. The van der Waals surface area contributed by atoms with Crippen molar-refractivity contribution in [1.82, 2.24) is 5.32 Å². The molecule has 0 saturated heterocycles. The summed E-state index contributed by atoms with van der Waals surface area (Å²) in [6.45, 7) is -0.00693. The zero-order valence-electron chi connectivity index (χ0n) is 16.8. The predicted molar refractivity (Wildman–Crippen MR) is 112 cm³/mol. The molecule has 0 aliphatic rings. The third-order valence-corrected chi connectivity index (χ3v) is 6.14. The number of nitrogens with one attached hydrogen (secondary N) is 1. The standard InChI is InChI=1S/C20H23N2O8P/c1-29-19(24)16(21-20(25)30-12-14-5-3-2-4-6-14)9-10-31(27,28)13-15-7-8-18(23)17(11-15)22-26/h2-8,11,16,23H,9-10,12-13H2,1H3,(H,21,25)(H,27,28)/t16-/m0/s1. The number of benzene rings is 2. The number of esters is 1. The Morgan fingerprint density at radius 1 is 1.16 bits per heavy atom. The van der Waals surface area contributed by atoms with Gasteiger partial charge in [0, 0.05) is 12.3 Å². The first-order valence-electron chi connectivity index (χ1n) is 9.25. The molecule has 2 aromatic carbocycles. The molecule has 2 aromatic rings. The Hall–Kier alpha value is -3.23. The molecular weight excluding hydrogens is 427 g/mol. The van der Waals surface area contributed by atoms with Gasteiger partial charge >= 0.3 is 12.1 Å². The van der Waals surface area contributed by atoms with E-state index >= 15 is 0 Å². The molecule has 3 N–H and O–H groups in total. The van der Waals surface area contributed by atoms with E-state index in [-0.39, 0.29) is 36.8 Å². The smallest absolute Gasteiger partial charge is 0.408 e. The molecule has 0 aromatic heterocycles. The fourth-order valence-corrected chi connectivity index (χ4v) is 4.32. The number of carbonyl (C=O) groups excluding carboxylic acids is 2. The van der Waals surface area contributed by atoms with Crippen molar-refractivity contribution in [2.75, 3.05) is 13.3 Å². The Morgan fingerprint density at radius 2 is 1.87 bits per heavy atom. The van der Waals surface area contributed by atoms with Gasteiger partial charge in [0.15, 0.2) is 0 Å². The van der Waals surface area contributed by atoms with Crippen LogP contribution in [0.25, 0.3) is 0 Å². The molecule has 0 spiro atoms. The minimum absolute atomic E-state index is 0.00693. The van der Waals surface area contributed by atoms with Crippen LogP contribution in [0.2, 0.25) is 0 Å². The average molecular weight is 450 g/mol. The zero-order chi connectivity index (χ0) is 22.9. The first-order chi connectivity index (χ1) is 14.7. The second-order valence-electron chi connectivity index (χ2n) is 6.71. The molecule has 2 rings (SSSR count). The molecule has 1 unspecified atom stereocenters. The minimum atomic E-state index is -3.80. The van der Waals surface area contributed by atoms with Crippen molar-refractivity contribution < 1.29 is 33.6 Å². The van der Waals surface area contributed by atoms with Gasteiger partial charge < -0.3 is 24.8 Å². The lowest BCUT2D eigenvalue weighted by atomic mass is 10.2. The van der Waals surface area contributed by atoms with Crippen LogP contribution in [-0.4, -0.2) is 41.4 Å². The van der Waals surface area contributed by atoms with E-state index in [1.807, 2.05) is 6.07 Å². The highest BCUT2D eigenvalue weighted by Gasteiger charge is 2.27. The van der Waals surface area contributed by atoms with Gasteiger partial charge in [0.2, 0.25) is 7.37 Å². The highest BCUT2D eigenvalue weighted by Crippen LogP contribution is 2.46. The fourth-order valence-electron chi connectivity index (χ4n) is 2.73. The summed E-state index contributed by atoms with van der Waals surface area (Å²) < 4.78 is 22.3. The maximum atomic E-state index is 12.6. The monoisotopic (exact) mass is 450 g/mol. The third-order valence-electron chi connectivity index (χ3n) is 4.33. The Labute approximate surface area is 178 Å². The number of ether oxygens (including phenoxy) is 2. The molecule has 0 saturated carbocycles. The number of aromatic hydroxyl groups is 1. The van der Waals surface area contributed by atoms with E-state index in [9.17, 15) is 29.1 Å². The quantitative estimate of drug-likeness (QED) is 0.283. The number of nitrogens with zero attached hydrogens (tertiary/aromatic N) is 1. The lowest BCUT2D eigenvalue weighted by Crippen LogP contribution is -2.42. The summed E-state index contributed by atoms with van der Waals surface area (Å²) in [7, 11) is -2.66. The Kier molecular flexibility index (Phi) is 8.72. The van der Waals surface area contributed by atoms with Crippen molar-refractivity contribution in [1.29, 1.82) is 0 Å². The van der Waals surface area contributed by atoms with E-state index in [0.29, 0.717) is 5.56 Å². The van der Waals surface area contributed by atoms with E-state index in [2.05, 4.69) is 15.2 Å². The molecule has 1 amide bonds. The van der Waals surface area contributed by atoms with Crippen molar-refractivity contribution in [3.05, 3.63) is 64.6 Å². The van der Waals surface area contributed by atoms with Gasteiger partial charge in [-0.15, -0.1) is 4.91 Å². The summed E-state index contributed by atoms with van der Waals surface area (Å²) in [4.78, 5) is 45.0. The maximum absolute atomic E-state index is 12.6. The number of methoxy groups -OCH3 is 1. The largest absolute Gasteiger partial charge is 0.506 e. The first kappa shape index (κ1) is 24.0. The van der Waals surface area contributed by atoms with E-state index in [1.54, 1.807) is 24.3 Å². The summed E-state index contributed by atoms with van der Waals surface area (Å²) in [5, 5.41) is 14.5. The van der Waals surface area contributed by atoms with Gasteiger partial charge in [-0.05, 0) is 34.9 Å². The second kappa shape index (κ2) is 11.2. The van der Waals surface area contributed by atoms with Crippen LogP contribution >= 0.6 is 7.37 Å². The van der Waals surface area contributed by atoms with Crippen molar-refractivity contribution in [2.24, 2.45) is 5.18 Å². The molecule has 31 heavy (non-hydrogen) atoms. The number of phenolic OH excluding ortho intramolecular Hbond substituents is 1. The molecule has 0 heterocycles. The number of rotatable bonds is 10. The summed E-state index contributed by atoms with van der Waals surface area (Å²) in [6.07, 6.45) is -1.65. The summed E-state index contributed by atoms with van der Waals surface area (Å²) in [5.74, 6) is -1.12. The number of nitroso groups, excluding NO2 is 1. The molecule has 166 valence electrons. The second-order valence-corrected chi connectivity index (χ2v) is 9.17. The van der Waals surface area contributed by atoms with Crippen LogP contribution in [0.1, 0.15) is 17.5 Å². The summed E-state index contributed by atoms with van der Waals surface area (Å²) in [6, 6.07) is 11.5. The predicted octanol–water partition coefficient (Wildman–Crippen LogP) is 3.42. The molecule has 10 nitrogen and oxygen atoms in total. The SMILES string of the molecule is COC(=O)[C@H](CCP(=O)(O)Cc1ccc(O)c(N=O)c1)NC(=O)OCc1ccccc1. The van der Waals surface area contributed by atoms with Gasteiger partial charge in [-0.3, -0.25) is 4.57 Å². The van der Waals surface area contributed by atoms with E-state index in [0.717, 1.165) is 12.7 Å². The van der Waals surface area contributed by atoms with Crippen molar-refractivity contribution in [2.45, 2.75) is 25.2 Å². The van der Waals surface area contributed by atoms with Crippen molar-refractivity contribution in [3.63, 3.8) is 0 Å². The number of hydrogen-bond donors (Lipinski definition) is 3. The van der Waals surface area contributed by atoms with E-state index in [1.165, 1.54) is 18.2 Å². The van der Waals surface area contributed by atoms with Gasteiger partial charge in [0.25, 0.3) is 0 Å². The lowest BCUT2D eigenvalue weighted by molar-refractivity contribution is -0.143. The molecule has 0 fully saturated rings. The molecular formula is C20H23N2O8P. The number of carbonyl (C=O) groups is 2. The van der Waals surface area contributed by atoms with Gasteiger partial charge in [-0.25, -0.2) is 9.59 Å². The van der Waals surface area contributed by atoms with Crippen molar-refractivity contribution >= 4 is 25.1 Å². The first-order valence-corrected chi connectivity index (χ1v) is 11.3. The molecule has 2 atom stereocenters. The highest BCUT2D eigenvalue weighted by atomic mass is 31.2. The van der Waals surface area contributed by atoms with Gasteiger partial charge in [0.05, 0.1) is 7.11 Å². The van der Waals surface area contributed by atoms with Crippen LogP contribution in [0.3, 0.4) is 0 Å². The van der Waals surface area contributed by atoms with Crippen LogP contribution in [0.15, 0.2) is 53.7 Å². The molecule has 0 aliphatic carbocycles. The normalized spacial score (nSPS) is 13.5. The zero-order valence-corrected chi connectivity index (χ0v) is 17.7. The Bertz CT molecular complexity index is 967. The van der Waals surface area contributed by atoms with Crippen molar-refractivity contribution in [3.8, 4) is 5.75 Å². The maximum Gasteiger partial charge on any atom is 0.408 e. The number of hydrogen-bond acceptors (Lipinski definition) is 8. The number of alkyl carbamates (subject to hydrolysis) is 1. The molecule has 11 heteroatoms. The number of amides is 1. The Morgan fingerprint density at radius 3 is 2.52 bits per heavy atom. The third kappa shape index (κ3) is 7.84. The lowest BCUT2D eigenvalue weighted by Gasteiger charge is -2.18. The minimum Gasteiger partial charge on any atom is -0.506 e. The van der Waals surface area contributed by atoms with Crippen LogP contribution < -0.4 is 5.32 Å². The molecule has 0 bridgehead atoms. The van der Waals surface area contributed by atoms with Crippen LogP contribution in [0.4, 0.5) is 10.5 Å². The van der Waals surface area contributed by atoms with Gasteiger partial charge in [0.1, 0.15) is 24.1 Å². The number of phenols is 1. The van der Waals surface area contributed by atoms with Crippen LogP contribution in [-0.2, 0) is 31.6 Å². The van der Waals surface area contributed by atoms with Gasteiger partial charge in [-0.2, -0.15) is 0 Å². The van der Waals surface area contributed by atoms with Gasteiger partial charge in [-0.1, -0.05) is 36.4 Å². The molecule has 0 aliphatic heterocycles. The highest BCUT2D eigenvalue weighted by molar-refractivity contribution is 7.57.